The van der Waals surface area contributed by atoms with Crippen molar-refractivity contribution >= 4 is 0 Å². The van der Waals surface area contributed by atoms with Gasteiger partial charge in [-0.1, -0.05) is 24.1 Å². The Bertz CT molecular complexity index is 440. The second-order valence-corrected chi connectivity index (χ2v) is 4.77. The minimum absolute atomic E-state index is 0.00167. The molecule has 18 heavy (non-hydrogen) atoms. The maximum absolute atomic E-state index is 13.3. The lowest BCUT2D eigenvalue weighted by Gasteiger charge is -2.20. The summed E-state index contributed by atoms with van der Waals surface area (Å²) in [5, 5.41) is 3.21. The summed E-state index contributed by atoms with van der Waals surface area (Å²) in [6, 6.07) is 4.15. The van der Waals surface area contributed by atoms with Crippen LogP contribution in [0.15, 0.2) is 29.8 Å². The molecule has 1 aromatic rings. The Balaban J connectivity index is 2.26. The summed E-state index contributed by atoms with van der Waals surface area (Å²) in [4.78, 5) is 0. The van der Waals surface area contributed by atoms with E-state index in [9.17, 15) is 8.78 Å². The van der Waals surface area contributed by atoms with Gasteiger partial charge in [-0.2, -0.15) is 0 Å². The zero-order valence-corrected chi connectivity index (χ0v) is 10.7. The van der Waals surface area contributed by atoms with Crippen LogP contribution >= 0.6 is 0 Å². The van der Waals surface area contributed by atoms with Gasteiger partial charge in [0.25, 0.3) is 0 Å². The smallest absolute Gasteiger partial charge is 0.159 e. The summed E-state index contributed by atoms with van der Waals surface area (Å²) in [5.74, 6) is -1.56. The predicted molar refractivity (Wildman–Crippen MR) is 69.3 cm³/mol. The van der Waals surface area contributed by atoms with E-state index in [4.69, 9.17) is 0 Å². The van der Waals surface area contributed by atoms with Crippen molar-refractivity contribution in [2.24, 2.45) is 0 Å². The molecule has 1 aromatic carbocycles. The quantitative estimate of drug-likeness (QED) is 0.797. The molecule has 0 spiro atoms. The Labute approximate surface area is 107 Å². The van der Waals surface area contributed by atoms with Crippen LogP contribution in [0.25, 0.3) is 0 Å². The Hall–Kier alpha value is -1.22. The Morgan fingerprint density at radius 2 is 1.94 bits per heavy atom. The monoisotopic (exact) mass is 251 g/mol. The van der Waals surface area contributed by atoms with Gasteiger partial charge in [0, 0.05) is 0 Å². The second kappa shape index (κ2) is 6.10. The van der Waals surface area contributed by atoms with E-state index in [1.807, 2.05) is 7.05 Å². The third-order valence-electron chi connectivity index (χ3n) is 3.51. The van der Waals surface area contributed by atoms with Crippen molar-refractivity contribution in [2.75, 3.05) is 7.05 Å². The van der Waals surface area contributed by atoms with Gasteiger partial charge in [0.05, 0.1) is 6.04 Å². The van der Waals surface area contributed by atoms with Crippen LogP contribution in [0, 0.1) is 11.6 Å². The molecule has 0 fully saturated rings. The van der Waals surface area contributed by atoms with E-state index >= 15 is 0 Å². The maximum Gasteiger partial charge on any atom is 0.159 e. The van der Waals surface area contributed by atoms with Crippen molar-refractivity contribution in [1.29, 1.82) is 0 Å². The second-order valence-electron chi connectivity index (χ2n) is 4.77. The minimum Gasteiger partial charge on any atom is -0.310 e. The van der Waals surface area contributed by atoms with E-state index < -0.39 is 11.6 Å². The fourth-order valence-corrected chi connectivity index (χ4v) is 2.56. The summed E-state index contributed by atoms with van der Waals surface area (Å²) < 4.78 is 26.3. The lowest BCUT2D eigenvalue weighted by molar-refractivity contribution is 0.504. The van der Waals surface area contributed by atoms with Gasteiger partial charge in [-0.05, 0) is 50.4 Å². The normalized spacial score (nSPS) is 18.1. The third kappa shape index (κ3) is 2.96. The SMILES string of the molecule is CNC(C1=CCCCCC1)c1ccc(F)c(F)c1. The van der Waals surface area contributed by atoms with E-state index in [0.717, 1.165) is 18.4 Å². The highest BCUT2D eigenvalue weighted by Gasteiger charge is 2.17. The van der Waals surface area contributed by atoms with E-state index in [1.54, 1.807) is 6.07 Å². The first-order valence-corrected chi connectivity index (χ1v) is 6.53. The minimum atomic E-state index is -0.788. The molecule has 0 heterocycles. The molecular formula is C15H19F2N. The highest BCUT2D eigenvalue weighted by Crippen LogP contribution is 2.29. The van der Waals surface area contributed by atoms with E-state index in [2.05, 4.69) is 11.4 Å². The van der Waals surface area contributed by atoms with E-state index in [1.165, 1.54) is 37.0 Å². The number of halogens is 2. The van der Waals surface area contributed by atoms with Gasteiger partial charge in [0.1, 0.15) is 0 Å². The number of likely N-dealkylation sites (N-methyl/N-ethyl adjacent to an activating group) is 1. The Morgan fingerprint density at radius 1 is 1.11 bits per heavy atom. The highest BCUT2D eigenvalue weighted by molar-refractivity contribution is 5.29. The van der Waals surface area contributed by atoms with Crippen molar-refractivity contribution in [3.05, 3.63) is 47.0 Å². The van der Waals surface area contributed by atoms with Gasteiger partial charge in [-0.15, -0.1) is 0 Å². The molecule has 0 bridgehead atoms. The van der Waals surface area contributed by atoms with Gasteiger partial charge in [0.15, 0.2) is 11.6 Å². The number of hydrogen-bond donors (Lipinski definition) is 1. The molecule has 1 atom stereocenters. The number of allylic oxidation sites excluding steroid dienone is 1. The van der Waals surface area contributed by atoms with Crippen molar-refractivity contribution in [1.82, 2.24) is 5.32 Å². The van der Waals surface area contributed by atoms with Gasteiger partial charge >= 0.3 is 0 Å². The van der Waals surface area contributed by atoms with Crippen LogP contribution in [0.1, 0.15) is 43.7 Å². The molecule has 1 unspecified atom stereocenters. The van der Waals surface area contributed by atoms with Gasteiger partial charge in [-0.25, -0.2) is 8.78 Å². The molecule has 1 nitrogen and oxygen atoms in total. The largest absolute Gasteiger partial charge is 0.310 e. The van der Waals surface area contributed by atoms with Crippen molar-refractivity contribution in [2.45, 2.75) is 38.1 Å². The van der Waals surface area contributed by atoms with Crippen molar-refractivity contribution in [3.8, 4) is 0 Å². The van der Waals surface area contributed by atoms with Crippen LogP contribution in [0.5, 0.6) is 0 Å². The first kappa shape index (κ1) is 13.2. The molecule has 1 N–H and O–H groups in total. The summed E-state index contributed by atoms with van der Waals surface area (Å²) in [6.07, 6.45) is 8.00. The summed E-state index contributed by atoms with van der Waals surface area (Å²) in [7, 11) is 1.86. The average molecular weight is 251 g/mol. The van der Waals surface area contributed by atoms with Crippen LogP contribution in [0.2, 0.25) is 0 Å². The molecule has 0 aliphatic heterocycles. The van der Waals surface area contributed by atoms with Gasteiger partial charge in [0.2, 0.25) is 0 Å². The average Bonchev–Trinajstić information content (AvgIpc) is 2.64. The molecule has 0 saturated carbocycles. The zero-order valence-electron chi connectivity index (χ0n) is 10.7. The Morgan fingerprint density at radius 3 is 2.67 bits per heavy atom. The van der Waals surface area contributed by atoms with E-state index in [-0.39, 0.29) is 6.04 Å². The van der Waals surface area contributed by atoms with Crippen molar-refractivity contribution in [3.63, 3.8) is 0 Å². The number of hydrogen-bond acceptors (Lipinski definition) is 1. The first-order valence-electron chi connectivity index (χ1n) is 6.53. The summed E-state index contributed by atoms with van der Waals surface area (Å²) in [5.41, 5.74) is 2.09. The highest BCUT2D eigenvalue weighted by atomic mass is 19.2. The molecule has 1 aliphatic rings. The topological polar surface area (TPSA) is 12.0 Å². The number of benzene rings is 1. The maximum atomic E-state index is 13.3. The van der Waals surface area contributed by atoms with Crippen LogP contribution in [0.4, 0.5) is 8.78 Å². The third-order valence-corrected chi connectivity index (χ3v) is 3.51. The lowest BCUT2D eigenvalue weighted by atomic mass is 9.95. The molecule has 98 valence electrons. The molecule has 3 heteroatoms. The van der Waals surface area contributed by atoms with Crippen LogP contribution in [0.3, 0.4) is 0 Å². The van der Waals surface area contributed by atoms with Crippen LogP contribution < -0.4 is 5.32 Å². The standard InChI is InChI=1S/C15H19F2N/c1-18-15(11-6-4-2-3-5-7-11)12-8-9-13(16)14(17)10-12/h6,8-10,15,18H,2-5,7H2,1H3. The van der Waals surface area contributed by atoms with Gasteiger partial charge < -0.3 is 5.32 Å². The van der Waals surface area contributed by atoms with Gasteiger partial charge in [-0.3, -0.25) is 0 Å². The number of nitrogens with one attached hydrogen (secondary N) is 1. The molecule has 0 saturated heterocycles. The summed E-state index contributed by atoms with van der Waals surface area (Å²) >= 11 is 0. The zero-order chi connectivity index (χ0) is 13.0. The molecular weight excluding hydrogens is 232 g/mol. The number of rotatable bonds is 3. The molecule has 0 amide bonds. The molecule has 1 aliphatic carbocycles. The first-order chi connectivity index (χ1) is 8.72. The molecule has 0 radical (unpaired) electrons. The summed E-state index contributed by atoms with van der Waals surface area (Å²) in [6.45, 7) is 0. The van der Waals surface area contributed by atoms with Crippen molar-refractivity contribution < 1.29 is 8.78 Å². The lowest BCUT2D eigenvalue weighted by Crippen LogP contribution is -2.19. The molecule has 2 rings (SSSR count). The fraction of sp³-hybridized carbons (Fsp3) is 0.467. The predicted octanol–water partition coefficient (Wildman–Crippen LogP) is 4.12. The fourth-order valence-electron chi connectivity index (χ4n) is 2.56. The van der Waals surface area contributed by atoms with Crippen LogP contribution in [-0.2, 0) is 0 Å². The van der Waals surface area contributed by atoms with Crippen LogP contribution in [-0.4, -0.2) is 7.05 Å². The van der Waals surface area contributed by atoms with E-state index in [0.29, 0.717) is 0 Å². The Kier molecular flexibility index (Phi) is 4.48. The molecule has 0 aromatic heterocycles.